The Balaban J connectivity index is 1.78. The predicted molar refractivity (Wildman–Crippen MR) is 88.9 cm³/mol. The topological polar surface area (TPSA) is 100 Å². The average molecular weight is 357 g/mol. The summed E-state index contributed by atoms with van der Waals surface area (Å²) in [6.07, 6.45) is 0.733. The Bertz CT molecular complexity index is 874. The van der Waals surface area contributed by atoms with Crippen LogP contribution in [0.1, 0.15) is 12.8 Å². The highest BCUT2D eigenvalue weighted by atomic mass is 32.1. The first kappa shape index (κ1) is 17.0. The van der Waals surface area contributed by atoms with E-state index in [0.29, 0.717) is 50.0 Å². The molecule has 3 rings (SSSR count). The molecule has 1 aliphatic heterocycles. The number of fused-ring (bicyclic) bond motifs is 1. The fraction of sp³-hybridized carbons (Fsp3) is 0.375. The van der Waals surface area contributed by atoms with Gasteiger partial charge in [0.25, 0.3) is 4.84 Å². The quantitative estimate of drug-likeness (QED) is 0.697. The van der Waals surface area contributed by atoms with Crippen LogP contribution in [0.2, 0.25) is 0 Å². The van der Waals surface area contributed by atoms with Crippen molar-refractivity contribution >= 4 is 12.2 Å². The van der Waals surface area contributed by atoms with E-state index >= 15 is 0 Å². The molecule has 0 bridgehead atoms. The molecule has 0 aliphatic carbocycles. The second kappa shape index (κ2) is 7.79. The van der Waals surface area contributed by atoms with Crippen molar-refractivity contribution in [1.82, 2.24) is 14.7 Å². The van der Waals surface area contributed by atoms with Gasteiger partial charge < -0.3 is 13.9 Å². The zero-order chi connectivity index (χ0) is 17.6. The molecule has 0 atom stereocenters. The molecule has 2 aromatic rings. The second-order valence-corrected chi connectivity index (χ2v) is 5.67. The van der Waals surface area contributed by atoms with Crippen molar-refractivity contribution in [3.05, 3.63) is 23.0 Å². The van der Waals surface area contributed by atoms with E-state index < -0.39 is 0 Å². The van der Waals surface area contributed by atoms with Crippen molar-refractivity contribution < 1.29 is 13.9 Å². The van der Waals surface area contributed by atoms with Gasteiger partial charge >= 0.3 is 0 Å². The van der Waals surface area contributed by atoms with E-state index in [2.05, 4.69) is 17.2 Å². The van der Waals surface area contributed by atoms with Crippen molar-refractivity contribution in [3.8, 4) is 35.1 Å². The number of nitrogens with zero attached hydrogens (tertiary/aromatic N) is 5. The standard InChI is InChI=1S/C16H15N5O3S/c17-5-1-7-20(8-2-6-18)10-21-16(25)24-15(19-21)12-3-4-13-14(9-12)23-11-22-13/h3-4,9H,1-2,7-8,10-11H2. The van der Waals surface area contributed by atoms with E-state index in [-0.39, 0.29) is 11.6 Å². The molecule has 0 saturated carbocycles. The molecular weight excluding hydrogens is 342 g/mol. The summed E-state index contributed by atoms with van der Waals surface area (Å²) in [6, 6.07) is 9.60. The molecule has 0 N–H and O–H groups in total. The molecule has 0 amide bonds. The first-order chi connectivity index (χ1) is 12.2. The summed E-state index contributed by atoms with van der Waals surface area (Å²) in [5.41, 5.74) is 0.731. The summed E-state index contributed by atoms with van der Waals surface area (Å²) in [7, 11) is 0. The van der Waals surface area contributed by atoms with E-state index in [9.17, 15) is 0 Å². The van der Waals surface area contributed by atoms with Crippen molar-refractivity contribution in [2.24, 2.45) is 0 Å². The Hall–Kier alpha value is -2.88. The molecule has 9 heteroatoms. The number of hydrogen-bond acceptors (Lipinski definition) is 8. The number of rotatable bonds is 7. The van der Waals surface area contributed by atoms with Crippen molar-refractivity contribution in [2.75, 3.05) is 19.9 Å². The van der Waals surface area contributed by atoms with Crippen LogP contribution < -0.4 is 9.47 Å². The van der Waals surface area contributed by atoms with Gasteiger partial charge in [-0.1, -0.05) is 0 Å². The number of hydrogen-bond donors (Lipinski definition) is 0. The van der Waals surface area contributed by atoms with Gasteiger partial charge in [0.2, 0.25) is 12.7 Å². The summed E-state index contributed by atoms with van der Waals surface area (Å²) < 4.78 is 17.8. The molecule has 1 aromatic heterocycles. The lowest BCUT2D eigenvalue weighted by Gasteiger charge is -2.18. The third kappa shape index (κ3) is 3.97. The molecule has 1 aliphatic rings. The molecule has 1 aromatic carbocycles. The molecule has 0 fully saturated rings. The molecule has 2 heterocycles. The van der Waals surface area contributed by atoms with Crippen LogP contribution in [0.25, 0.3) is 11.5 Å². The van der Waals surface area contributed by atoms with Gasteiger partial charge in [-0.05, 0) is 30.4 Å². The van der Waals surface area contributed by atoms with E-state index in [1.807, 2.05) is 11.0 Å². The van der Waals surface area contributed by atoms with Gasteiger partial charge in [0.1, 0.15) is 0 Å². The van der Waals surface area contributed by atoms with Crippen LogP contribution >= 0.6 is 12.2 Å². The second-order valence-electron chi connectivity index (χ2n) is 5.32. The Morgan fingerprint density at radius 1 is 1.16 bits per heavy atom. The zero-order valence-corrected chi connectivity index (χ0v) is 14.2. The maximum absolute atomic E-state index is 8.77. The summed E-state index contributed by atoms with van der Waals surface area (Å²) in [6.45, 7) is 1.62. The molecule has 8 nitrogen and oxygen atoms in total. The number of ether oxygens (including phenoxy) is 2. The van der Waals surface area contributed by atoms with Gasteiger partial charge in [-0.2, -0.15) is 10.5 Å². The van der Waals surface area contributed by atoms with Gasteiger partial charge in [0.15, 0.2) is 11.5 Å². The number of nitriles is 2. The highest BCUT2D eigenvalue weighted by Gasteiger charge is 2.17. The van der Waals surface area contributed by atoms with E-state index in [4.69, 9.17) is 36.6 Å². The average Bonchev–Trinajstić information content (AvgIpc) is 3.23. The molecule has 25 heavy (non-hydrogen) atoms. The maximum atomic E-state index is 8.77. The minimum atomic E-state index is 0.198. The van der Waals surface area contributed by atoms with Crippen LogP contribution in [0, 0.1) is 27.5 Å². The van der Waals surface area contributed by atoms with E-state index in [1.165, 1.54) is 0 Å². The molecule has 0 unspecified atom stereocenters. The molecule has 0 spiro atoms. The Morgan fingerprint density at radius 3 is 2.60 bits per heavy atom. The summed E-state index contributed by atoms with van der Waals surface area (Å²) in [5.74, 6) is 1.70. The van der Waals surface area contributed by atoms with Gasteiger partial charge in [0.05, 0.1) is 18.8 Å². The molecule has 0 saturated heterocycles. The molecule has 128 valence electrons. The first-order valence-electron chi connectivity index (χ1n) is 7.65. The van der Waals surface area contributed by atoms with Crippen LogP contribution in [-0.4, -0.2) is 34.6 Å². The van der Waals surface area contributed by atoms with Crippen molar-refractivity contribution in [2.45, 2.75) is 19.5 Å². The van der Waals surface area contributed by atoms with E-state index in [0.717, 1.165) is 5.56 Å². The smallest absolute Gasteiger partial charge is 0.288 e. The van der Waals surface area contributed by atoms with Crippen molar-refractivity contribution in [3.63, 3.8) is 0 Å². The SMILES string of the molecule is N#CCCN(CCC#N)Cn1nc(-c2ccc3c(c2)OCO3)oc1=S. The predicted octanol–water partition coefficient (Wildman–Crippen LogP) is 2.69. The van der Waals surface area contributed by atoms with E-state index in [1.54, 1.807) is 16.8 Å². The van der Waals surface area contributed by atoms with Crippen LogP contribution in [0.3, 0.4) is 0 Å². The fourth-order valence-corrected chi connectivity index (χ4v) is 2.58. The van der Waals surface area contributed by atoms with Gasteiger partial charge in [-0.15, -0.1) is 5.10 Å². The summed E-state index contributed by atoms with van der Waals surface area (Å²) in [5, 5.41) is 21.9. The number of aromatic nitrogens is 2. The lowest BCUT2D eigenvalue weighted by Crippen LogP contribution is -2.29. The Kier molecular flexibility index (Phi) is 5.29. The Morgan fingerprint density at radius 2 is 1.88 bits per heavy atom. The lowest BCUT2D eigenvalue weighted by atomic mass is 10.2. The zero-order valence-electron chi connectivity index (χ0n) is 13.3. The van der Waals surface area contributed by atoms with Crippen molar-refractivity contribution in [1.29, 1.82) is 10.5 Å². The monoisotopic (exact) mass is 357 g/mol. The minimum absolute atomic E-state index is 0.198. The normalized spacial score (nSPS) is 12.1. The van der Waals surface area contributed by atoms with Crippen LogP contribution in [0.15, 0.2) is 22.6 Å². The number of benzene rings is 1. The largest absolute Gasteiger partial charge is 0.454 e. The lowest BCUT2D eigenvalue weighted by molar-refractivity contribution is 0.174. The molecule has 0 radical (unpaired) electrons. The fourth-order valence-electron chi connectivity index (χ4n) is 2.40. The van der Waals surface area contributed by atoms with Gasteiger partial charge in [-0.25, -0.2) is 4.68 Å². The minimum Gasteiger partial charge on any atom is -0.454 e. The molecular formula is C16H15N5O3S. The van der Waals surface area contributed by atoms with Gasteiger partial charge in [-0.3, -0.25) is 4.90 Å². The third-order valence-corrected chi connectivity index (χ3v) is 3.93. The third-order valence-electron chi connectivity index (χ3n) is 3.64. The van der Waals surface area contributed by atoms with Crippen LogP contribution in [0.5, 0.6) is 11.5 Å². The summed E-state index contributed by atoms with van der Waals surface area (Å²) >= 11 is 5.24. The Labute approximate surface area is 149 Å². The highest BCUT2D eigenvalue weighted by Crippen LogP contribution is 2.35. The highest BCUT2D eigenvalue weighted by molar-refractivity contribution is 7.71. The maximum Gasteiger partial charge on any atom is 0.288 e. The van der Waals surface area contributed by atoms with Gasteiger partial charge in [0, 0.05) is 31.5 Å². The van der Waals surface area contributed by atoms with Crippen LogP contribution in [-0.2, 0) is 6.67 Å². The first-order valence-corrected chi connectivity index (χ1v) is 8.06. The summed E-state index contributed by atoms with van der Waals surface area (Å²) in [4.78, 5) is 2.17. The van der Waals surface area contributed by atoms with Crippen LogP contribution in [0.4, 0.5) is 0 Å².